The molecule has 0 radical (unpaired) electrons. The van der Waals surface area contributed by atoms with Crippen LogP contribution >= 0.6 is 0 Å². The van der Waals surface area contributed by atoms with Crippen molar-refractivity contribution in [2.75, 3.05) is 0 Å². The van der Waals surface area contributed by atoms with Crippen molar-refractivity contribution in [3.8, 4) is 0 Å². The van der Waals surface area contributed by atoms with E-state index in [0.29, 0.717) is 88.7 Å². The zero-order valence-electron chi connectivity index (χ0n) is 32.0. The minimum absolute atomic E-state index is 0. The number of carboxylic acids is 4. The van der Waals surface area contributed by atoms with Crippen molar-refractivity contribution >= 4 is 46.2 Å². The maximum atomic E-state index is 12.7. The summed E-state index contributed by atoms with van der Waals surface area (Å²) in [5.41, 5.74) is 5.55. The number of hydrogen-bond donors (Lipinski definition) is 8. The van der Waals surface area contributed by atoms with Gasteiger partial charge in [-0.2, -0.15) is 0 Å². The molecule has 4 aromatic carbocycles. The van der Waals surface area contributed by atoms with Gasteiger partial charge in [-0.1, -0.05) is 72.8 Å². The number of aromatic carboxylic acids is 4. The number of nitrogens with one attached hydrogen (secondary N) is 4. The molecular formula is C48H32N4O8Zn. The second-order valence-corrected chi connectivity index (χ2v) is 14.0. The Labute approximate surface area is 358 Å². The Balaban J connectivity index is 0.00000514. The smallest absolute Gasteiger partial charge is 0.336 e. The van der Waals surface area contributed by atoms with Crippen molar-refractivity contribution < 1.29 is 59.1 Å². The predicted molar refractivity (Wildman–Crippen MR) is 222 cm³/mol. The van der Waals surface area contributed by atoms with Crippen molar-refractivity contribution in [1.82, 2.24) is 19.9 Å². The van der Waals surface area contributed by atoms with Crippen LogP contribution in [-0.4, -0.2) is 64.2 Å². The largest absolute Gasteiger partial charge is 0.478 e. The Hall–Kier alpha value is -8.02. The van der Waals surface area contributed by atoms with Crippen LogP contribution in [0.3, 0.4) is 0 Å². The van der Waals surface area contributed by atoms with Crippen LogP contribution in [0, 0.1) is 0 Å². The molecule has 0 saturated heterocycles. The van der Waals surface area contributed by atoms with E-state index in [4.69, 9.17) is 0 Å². The fraction of sp³-hybridized carbons (Fsp3) is 0. The molecule has 1 aliphatic heterocycles. The SMILES string of the molecule is O=C(O)c1ccccc1C1=c2ccc([nH]2)=C(c2ccccc2C(=O)O)c2ccc([nH]2)C(c2ccccc2C(=O)O)=c2ccc([nH]2)=C(c2ccccc2C(=O)O)c2ccc1[nH]2.[Zn]. The molecule has 0 atom stereocenters. The molecule has 8 N–H and O–H groups in total. The van der Waals surface area contributed by atoms with Crippen LogP contribution in [0.4, 0.5) is 0 Å². The quantitative estimate of drug-likeness (QED) is 0.0963. The zero-order valence-corrected chi connectivity index (χ0v) is 35.0. The van der Waals surface area contributed by atoms with E-state index >= 15 is 0 Å². The molecule has 0 fully saturated rings. The number of benzene rings is 4. The number of aromatic amines is 4. The topological polar surface area (TPSA) is 212 Å². The molecule has 294 valence electrons. The fourth-order valence-electron chi connectivity index (χ4n) is 8.04. The minimum Gasteiger partial charge on any atom is -0.478 e. The molecule has 4 aromatic heterocycles. The molecule has 5 heterocycles. The van der Waals surface area contributed by atoms with Crippen LogP contribution in [0.2, 0.25) is 0 Å². The Morgan fingerprint density at radius 1 is 0.295 bits per heavy atom. The second kappa shape index (κ2) is 16.0. The Morgan fingerprint density at radius 2 is 0.508 bits per heavy atom. The summed E-state index contributed by atoms with van der Waals surface area (Å²) in [4.78, 5) is 64.8. The summed E-state index contributed by atoms with van der Waals surface area (Å²) in [5, 5.41) is 43.6. The summed E-state index contributed by atoms with van der Waals surface area (Å²) < 4.78 is 0. The van der Waals surface area contributed by atoms with Crippen LogP contribution in [0.25, 0.3) is 22.3 Å². The van der Waals surface area contributed by atoms with Crippen molar-refractivity contribution in [3.05, 3.63) is 234 Å². The van der Waals surface area contributed by atoms with Gasteiger partial charge in [-0.3, -0.25) is 0 Å². The molecule has 0 unspecified atom stereocenters. The standard InChI is InChI=1S/C48H32N4O8.Zn/c53-45(54)29-13-5-1-9-25(29)41-33-17-19-35(49-33)42(26-10-2-6-14-30(26)46(55)56)37-21-23-39(51-37)44(28-12-4-8-16-32(28)48(59)60)40-24-22-38(52-40)43(36-20-18-34(41)50-36)27-11-3-7-15-31(27)47(57)58;/h1-24,49-52H,(H,53,54)(H,55,56)(H,57,58)(H,59,60);. The maximum Gasteiger partial charge on any atom is 0.336 e. The summed E-state index contributed by atoms with van der Waals surface area (Å²) in [7, 11) is 0. The van der Waals surface area contributed by atoms with Gasteiger partial charge >= 0.3 is 23.9 Å². The van der Waals surface area contributed by atoms with E-state index in [-0.39, 0.29) is 41.7 Å². The van der Waals surface area contributed by atoms with Gasteiger partial charge in [-0.25, -0.2) is 19.2 Å². The minimum atomic E-state index is -1.15. The van der Waals surface area contributed by atoms with Crippen LogP contribution in [0.15, 0.2) is 146 Å². The van der Waals surface area contributed by atoms with Gasteiger partial charge in [-0.05, 0) is 72.8 Å². The molecule has 0 amide bonds. The first-order chi connectivity index (χ1) is 29.1. The van der Waals surface area contributed by atoms with Crippen molar-refractivity contribution in [2.24, 2.45) is 0 Å². The van der Waals surface area contributed by atoms with E-state index in [0.717, 1.165) is 0 Å². The average Bonchev–Trinajstić information content (AvgIpc) is 4.09. The summed E-state index contributed by atoms with van der Waals surface area (Å²) in [6.07, 6.45) is 0. The third kappa shape index (κ3) is 7.02. The third-order valence-electron chi connectivity index (χ3n) is 10.6. The predicted octanol–water partition coefficient (Wildman–Crippen LogP) is 5.09. The molecule has 13 heteroatoms. The van der Waals surface area contributed by atoms with Crippen molar-refractivity contribution in [3.63, 3.8) is 0 Å². The van der Waals surface area contributed by atoms with Crippen LogP contribution in [0.5, 0.6) is 0 Å². The first-order valence-corrected chi connectivity index (χ1v) is 18.7. The van der Waals surface area contributed by atoms with Crippen LogP contribution in [0.1, 0.15) is 86.5 Å². The third-order valence-corrected chi connectivity index (χ3v) is 10.6. The van der Waals surface area contributed by atoms with Crippen LogP contribution in [-0.2, 0) is 19.5 Å². The molecule has 0 aliphatic carbocycles. The van der Waals surface area contributed by atoms with Crippen molar-refractivity contribution in [1.29, 1.82) is 0 Å². The van der Waals surface area contributed by atoms with E-state index < -0.39 is 23.9 Å². The molecule has 8 bridgehead atoms. The van der Waals surface area contributed by atoms with Gasteiger partial charge in [0.15, 0.2) is 0 Å². The van der Waals surface area contributed by atoms with Gasteiger partial charge in [0.1, 0.15) is 0 Å². The summed E-state index contributed by atoms with van der Waals surface area (Å²) in [5.74, 6) is -4.60. The number of fused-ring (bicyclic) bond motifs is 8. The summed E-state index contributed by atoms with van der Waals surface area (Å²) >= 11 is 0. The first kappa shape index (κ1) is 39.8. The summed E-state index contributed by atoms with van der Waals surface area (Å²) in [6, 6.07) is 40.7. The van der Waals surface area contributed by atoms with Gasteiger partial charge < -0.3 is 40.4 Å². The number of rotatable bonds is 8. The molecular weight excluding hydrogens is 826 g/mol. The molecule has 0 spiro atoms. The Bertz CT molecular complexity index is 2930. The van der Waals surface area contributed by atoms with Gasteiger partial charge in [0, 0.05) is 108 Å². The normalized spacial score (nSPS) is 12.2. The first-order valence-electron chi connectivity index (χ1n) is 18.7. The van der Waals surface area contributed by atoms with E-state index in [1.165, 1.54) is 24.3 Å². The Morgan fingerprint density at radius 3 is 0.721 bits per heavy atom. The van der Waals surface area contributed by atoms with Gasteiger partial charge in [0.2, 0.25) is 0 Å². The number of carbonyl (C=O) groups is 4. The molecule has 1 aliphatic rings. The monoisotopic (exact) mass is 856 g/mol. The molecule has 0 saturated carbocycles. The number of carboxylic acid groups (broad SMARTS) is 4. The molecule has 8 aromatic rings. The second-order valence-electron chi connectivity index (χ2n) is 14.0. The van der Waals surface area contributed by atoms with Crippen LogP contribution < -0.4 is 21.4 Å². The number of hydrogen-bond acceptors (Lipinski definition) is 4. The van der Waals surface area contributed by atoms with Crippen molar-refractivity contribution in [2.45, 2.75) is 0 Å². The average molecular weight is 858 g/mol. The number of aromatic nitrogens is 4. The van der Waals surface area contributed by atoms with E-state index in [1.807, 2.05) is 0 Å². The zero-order chi connectivity index (χ0) is 41.7. The summed E-state index contributed by atoms with van der Waals surface area (Å²) in [6.45, 7) is 0. The van der Waals surface area contributed by atoms with E-state index in [9.17, 15) is 39.6 Å². The molecule has 9 rings (SSSR count). The molecule has 12 nitrogen and oxygen atoms in total. The van der Waals surface area contributed by atoms with Gasteiger partial charge in [-0.15, -0.1) is 0 Å². The fourth-order valence-corrected chi connectivity index (χ4v) is 8.04. The Kier molecular flexibility index (Phi) is 10.4. The maximum absolute atomic E-state index is 12.7. The molecule has 61 heavy (non-hydrogen) atoms. The van der Waals surface area contributed by atoms with Gasteiger partial charge in [0.05, 0.1) is 22.3 Å². The van der Waals surface area contributed by atoms with E-state index in [1.54, 1.807) is 121 Å². The van der Waals surface area contributed by atoms with E-state index in [2.05, 4.69) is 19.9 Å². The number of H-pyrrole nitrogens is 4. The van der Waals surface area contributed by atoms with Gasteiger partial charge in [0.25, 0.3) is 0 Å².